The molecule has 1 saturated heterocycles. The van der Waals surface area contributed by atoms with Gasteiger partial charge in [0.2, 0.25) is 5.91 Å². The largest absolute Gasteiger partial charge is 0.492 e. The van der Waals surface area contributed by atoms with E-state index in [4.69, 9.17) is 4.74 Å². The summed E-state index contributed by atoms with van der Waals surface area (Å²) in [5.41, 5.74) is 1.18. The molecule has 1 amide bonds. The third kappa shape index (κ3) is 4.96. The second-order valence-electron chi connectivity index (χ2n) is 4.66. The molecule has 6 heteroatoms. The van der Waals surface area contributed by atoms with Crippen LogP contribution >= 0.6 is 28.3 Å². The van der Waals surface area contributed by atoms with Gasteiger partial charge >= 0.3 is 0 Å². The Morgan fingerprint density at radius 3 is 2.75 bits per heavy atom. The van der Waals surface area contributed by atoms with Crippen LogP contribution < -0.4 is 10.1 Å². The number of hydrogen-bond acceptors (Lipinski definition) is 3. The second-order valence-corrected chi connectivity index (χ2v) is 5.52. The van der Waals surface area contributed by atoms with Crippen molar-refractivity contribution in [1.29, 1.82) is 0 Å². The average Bonchev–Trinajstić information content (AvgIpc) is 2.42. The lowest BCUT2D eigenvalue weighted by molar-refractivity contribution is -0.132. The first-order valence-corrected chi connectivity index (χ1v) is 7.33. The number of rotatable bonds is 4. The number of piperazine rings is 1. The lowest BCUT2D eigenvalue weighted by Gasteiger charge is -2.27. The van der Waals surface area contributed by atoms with E-state index in [1.54, 1.807) is 0 Å². The maximum Gasteiger partial charge on any atom is 0.226 e. The van der Waals surface area contributed by atoms with E-state index in [0.717, 1.165) is 36.4 Å². The molecular formula is C14H20BrClN2O2. The summed E-state index contributed by atoms with van der Waals surface area (Å²) in [6, 6.07) is 5.93. The van der Waals surface area contributed by atoms with Crippen molar-refractivity contribution in [2.24, 2.45) is 0 Å². The van der Waals surface area contributed by atoms with Gasteiger partial charge in [-0.1, -0.05) is 6.07 Å². The molecule has 1 aliphatic heterocycles. The van der Waals surface area contributed by atoms with Crippen LogP contribution in [-0.4, -0.2) is 43.6 Å². The molecular weight excluding hydrogens is 344 g/mol. The fraction of sp³-hybridized carbons (Fsp3) is 0.500. The van der Waals surface area contributed by atoms with Gasteiger partial charge in [-0.25, -0.2) is 0 Å². The number of carbonyl (C=O) groups is 1. The molecule has 0 aliphatic carbocycles. The smallest absolute Gasteiger partial charge is 0.226 e. The van der Waals surface area contributed by atoms with E-state index in [1.165, 1.54) is 5.56 Å². The Balaban J connectivity index is 0.00000200. The maximum atomic E-state index is 11.9. The average molecular weight is 364 g/mol. The predicted octanol–water partition coefficient (Wildman–Crippen LogP) is 2.38. The maximum absolute atomic E-state index is 11.9. The molecule has 4 nitrogen and oxygen atoms in total. The molecule has 0 spiro atoms. The highest BCUT2D eigenvalue weighted by Crippen LogP contribution is 2.25. The van der Waals surface area contributed by atoms with Gasteiger partial charge in [0.05, 0.1) is 17.5 Å². The molecule has 0 aromatic heterocycles. The van der Waals surface area contributed by atoms with Gasteiger partial charge < -0.3 is 15.0 Å². The third-order valence-corrected chi connectivity index (χ3v) is 3.75. The highest BCUT2D eigenvalue weighted by atomic mass is 79.9. The second kappa shape index (κ2) is 8.49. The van der Waals surface area contributed by atoms with Crippen molar-refractivity contribution in [3.8, 4) is 5.75 Å². The van der Waals surface area contributed by atoms with Gasteiger partial charge in [0.15, 0.2) is 0 Å². The molecule has 1 aromatic carbocycles. The molecule has 1 aliphatic rings. The quantitative estimate of drug-likeness (QED) is 0.893. The summed E-state index contributed by atoms with van der Waals surface area (Å²) in [7, 11) is 0. The van der Waals surface area contributed by atoms with Crippen molar-refractivity contribution < 1.29 is 9.53 Å². The van der Waals surface area contributed by atoms with Crippen molar-refractivity contribution >= 4 is 34.2 Å². The molecule has 0 radical (unpaired) electrons. The minimum absolute atomic E-state index is 0. The van der Waals surface area contributed by atoms with E-state index in [1.807, 2.05) is 30.0 Å². The van der Waals surface area contributed by atoms with Gasteiger partial charge in [0.25, 0.3) is 0 Å². The first-order chi connectivity index (χ1) is 9.16. The Bertz CT molecular complexity index is 451. The SMILES string of the molecule is Cc1ccc(OCCC(=O)N2CCNCC2)c(Br)c1.Cl. The highest BCUT2D eigenvalue weighted by molar-refractivity contribution is 9.10. The molecule has 0 bridgehead atoms. The number of carbonyl (C=O) groups excluding carboxylic acids is 1. The molecule has 20 heavy (non-hydrogen) atoms. The van der Waals surface area contributed by atoms with E-state index in [0.29, 0.717) is 13.0 Å². The van der Waals surface area contributed by atoms with Crippen LogP contribution in [0.4, 0.5) is 0 Å². The number of amides is 1. The van der Waals surface area contributed by atoms with E-state index < -0.39 is 0 Å². The van der Waals surface area contributed by atoms with Crippen LogP contribution in [0.2, 0.25) is 0 Å². The molecule has 0 atom stereocenters. The summed E-state index contributed by atoms with van der Waals surface area (Å²) in [6.07, 6.45) is 0.431. The first kappa shape index (κ1) is 17.3. The summed E-state index contributed by atoms with van der Waals surface area (Å²) < 4.78 is 6.58. The molecule has 112 valence electrons. The normalized spacial score (nSPS) is 14.6. The Hall–Kier alpha value is -0.780. The summed E-state index contributed by atoms with van der Waals surface area (Å²) in [6.45, 7) is 5.82. The lowest BCUT2D eigenvalue weighted by atomic mass is 10.2. The molecule has 1 N–H and O–H groups in total. The molecule has 1 fully saturated rings. The van der Waals surface area contributed by atoms with Crippen molar-refractivity contribution in [1.82, 2.24) is 10.2 Å². The van der Waals surface area contributed by atoms with Gasteiger partial charge in [-0.3, -0.25) is 4.79 Å². The number of ether oxygens (including phenoxy) is 1. The topological polar surface area (TPSA) is 41.6 Å². The van der Waals surface area contributed by atoms with Gasteiger partial charge in [-0.15, -0.1) is 12.4 Å². The zero-order chi connectivity index (χ0) is 13.7. The standard InChI is InChI=1S/C14H19BrN2O2.ClH/c1-11-2-3-13(12(15)10-11)19-9-4-14(18)17-7-5-16-6-8-17;/h2-3,10,16H,4-9H2,1H3;1H. The van der Waals surface area contributed by atoms with Gasteiger partial charge in [-0.2, -0.15) is 0 Å². The number of halogens is 2. The van der Waals surface area contributed by atoms with Crippen LogP contribution in [0.1, 0.15) is 12.0 Å². The minimum atomic E-state index is 0. The summed E-state index contributed by atoms with van der Waals surface area (Å²) in [5.74, 6) is 0.962. The van der Waals surface area contributed by atoms with Crippen LogP contribution in [0.3, 0.4) is 0 Å². The van der Waals surface area contributed by atoms with E-state index in [9.17, 15) is 4.79 Å². The van der Waals surface area contributed by atoms with Crippen molar-refractivity contribution in [3.05, 3.63) is 28.2 Å². The number of nitrogens with one attached hydrogen (secondary N) is 1. The zero-order valence-electron chi connectivity index (χ0n) is 11.5. The molecule has 1 heterocycles. The number of aryl methyl sites for hydroxylation is 1. The first-order valence-electron chi connectivity index (χ1n) is 6.54. The number of hydrogen-bond donors (Lipinski definition) is 1. The fourth-order valence-corrected chi connectivity index (χ4v) is 2.65. The monoisotopic (exact) mass is 362 g/mol. The Morgan fingerprint density at radius 1 is 1.40 bits per heavy atom. The van der Waals surface area contributed by atoms with Gasteiger partial charge in [-0.05, 0) is 40.5 Å². The zero-order valence-corrected chi connectivity index (χ0v) is 13.9. The summed E-state index contributed by atoms with van der Waals surface area (Å²) >= 11 is 3.46. The van der Waals surface area contributed by atoms with E-state index in [-0.39, 0.29) is 18.3 Å². The van der Waals surface area contributed by atoms with Crippen LogP contribution in [0.15, 0.2) is 22.7 Å². The number of nitrogens with zero attached hydrogens (tertiary/aromatic N) is 1. The molecule has 0 unspecified atom stereocenters. The predicted molar refractivity (Wildman–Crippen MR) is 85.7 cm³/mol. The van der Waals surface area contributed by atoms with Gasteiger partial charge in [0.1, 0.15) is 5.75 Å². The Morgan fingerprint density at radius 2 is 2.10 bits per heavy atom. The fourth-order valence-electron chi connectivity index (χ4n) is 2.04. The van der Waals surface area contributed by atoms with Crippen molar-refractivity contribution in [3.63, 3.8) is 0 Å². The Kier molecular flexibility index (Phi) is 7.34. The van der Waals surface area contributed by atoms with Crippen LogP contribution in [0, 0.1) is 6.92 Å². The molecule has 2 rings (SSSR count). The molecule has 0 saturated carbocycles. The van der Waals surface area contributed by atoms with Crippen molar-refractivity contribution in [2.75, 3.05) is 32.8 Å². The summed E-state index contributed by atoms with van der Waals surface area (Å²) in [4.78, 5) is 13.8. The van der Waals surface area contributed by atoms with Crippen molar-refractivity contribution in [2.45, 2.75) is 13.3 Å². The van der Waals surface area contributed by atoms with E-state index >= 15 is 0 Å². The van der Waals surface area contributed by atoms with Gasteiger partial charge in [0, 0.05) is 26.2 Å². The van der Waals surface area contributed by atoms with Crippen LogP contribution in [0.25, 0.3) is 0 Å². The molecule has 1 aromatic rings. The van der Waals surface area contributed by atoms with Crippen LogP contribution in [0.5, 0.6) is 5.75 Å². The lowest BCUT2D eigenvalue weighted by Crippen LogP contribution is -2.46. The third-order valence-electron chi connectivity index (χ3n) is 3.13. The highest BCUT2D eigenvalue weighted by Gasteiger charge is 2.15. The van der Waals surface area contributed by atoms with E-state index in [2.05, 4.69) is 21.2 Å². The Labute approximate surface area is 134 Å². The minimum Gasteiger partial charge on any atom is -0.492 e. The number of benzene rings is 1. The summed E-state index contributed by atoms with van der Waals surface area (Å²) in [5, 5.41) is 3.23. The van der Waals surface area contributed by atoms with Crippen LogP contribution in [-0.2, 0) is 4.79 Å².